The summed E-state index contributed by atoms with van der Waals surface area (Å²) in [7, 11) is 0. The van der Waals surface area contributed by atoms with Gasteiger partial charge in [-0.1, -0.05) is 6.92 Å². The molecule has 0 bridgehead atoms. The zero-order valence-corrected chi connectivity index (χ0v) is 5.51. The van der Waals surface area contributed by atoms with E-state index in [-0.39, 0.29) is 18.9 Å². The zero-order chi connectivity index (χ0) is 6.28. The molecular weight excluding hydrogens is 99.0 g/mol. The average Bonchev–Trinajstić information content (AvgIpc) is 1.33. The minimum absolute atomic E-state index is 0. The van der Waals surface area contributed by atoms with Gasteiger partial charge in [0.2, 0.25) is 0 Å². The molecule has 0 spiro atoms. The Hall–Kier alpha value is -0.193. The van der Waals surface area contributed by atoms with E-state index in [0.29, 0.717) is 0 Å². The fourth-order valence-corrected chi connectivity index (χ4v) is 0. The molecule has 0 aromatic carbocycles. The number of carboxylic acids is 1. The Labute approximate surface area is 61.8 Å². The van der Waals surface area contributed by atoms with Gasteiger partial charge in [0.1, 0.15) is 0 Å². The second-order valence-corrected chi connectivity index (χ2v) is 0.852. The van der Waals surface area contributed by atoms with E-state index in [1.165, 1.54) is 6.08 Å². The molecule has 0 unspecified atom stereocenters. The first-order valence-electron chi connectivity index (χ1n) is 1.84. The fraction of sp³-hybridized carbons (Fsp3) is 0.400. The Morgan fingerprint density at radius 1 is 1.75 bits per heavy atom. The summed E-state index contributed by atoms with van der Waals surface area (Å²) < 4.78 is 0. The third kappa shape index (κ3) is 3620. The summed E-state index contributed by atoms with van der Waals surface area (Å²) in [5.74, 6) is -0.833. The minimum Gasteiger partial charge on any atom is -0.518 e. The van der Waals surface area contributed by atoms with Gasteiger partial charge in [-0.2, -0.15) is 0 Å². The zero-order valence-electron chi connectivity index (χ0n) is 5.51. The van der Waals surface area contributed by atoms with Crippen molar-refractivity contribution in [2.45, 2.75) is 13.8 Å². The first-order valence-corrected chi connectivity index (χ1v) is 1.84. The molecule has 42 valence electrons. The third-order valence-electron chi connectivity index (χ3n) is 0. The Morgan fingerprint density at radius 3 is 1.75 bits per heavy atom. The van der Waals surface area contributed by atoms with Crippen LogP contribution >= 0.6 is 0 Å². The summed E-state index contributed by atoms with van der Waals surface area (Å²) in [5.41, 5.74) is 0. The van der Waals surface area contributed by atoms with Crippen LogP contribution in [0.1, 0.15) is 13.8 Å². The van der Waals surface area contributed by atoms with Gasteiger partial charge in [-0.25, -0.2) is 0 Å². The van der Waals surface area contributed by atoms with Gasteiger partial charge in [0, 0.05) is 6.92 Å². The monoisotopic (exact) mass is 108 g/mol. The molecule has 8 heavy (non-hydrogen) atoms. The van der Waals surface area contributed by atoms with Crippen LogP contribution in [0.15, 0.2) is 6.08 Å². The van der Waals surface area contributed by atoms with E-state index < -0.39 is 5.97 Å². The van der Waals surface area contributed by atoms with E-state index in [0.717, 1.165) is 6.92 Å². The largest absolute Gasteiger partial charge is 1.00 e. The van der Waals surface area contributed by atoms with Crippen LogP contribution in [-0.4, -0.2) is 11.1 Å². The molecule has 0 rings (SSSR count). The van der Waals surface area contributed by atoms with Crippen molar-refractivity contribution in [3.63, 3.8) is 0 Å². The molecule has 0 aliphatic rings. The molecule has 0 amide bonds. The SMILES string of the molecule is CC(=O)O.[CH-]=CC.[Li+]. The molecular formula is C5H9LiO2. The summed E-state index contributed by atoms with van der Waals surface area (Å²) in [6, 6.07) is 0. The smallest absolute Gasteiger partial charge is 0.518 e. The van der Waals surface area contributed by atoms with E-state index in [4.69, 9.17) is 16.5 Å². The first-order chi connectivity index (χ1) is 3.15. The van der Waals surface area contributed by atoms with Gasteiger partial charge in [0.05, 0.1) is 0 Å². The Kier molecular flexibility index (Phi) is 31.0. The van der Waals surface area contributed by atoms with Crippen molar-refractivity contribution in [2.75, 3.05) is 0 Å². The number of aliphatic carboxylic acids is 1. The summed E-state index contributed by atoms with van der Waals surface area (Å²) in [5, 5.41) is 7.42. The molecule has 0 aromatic rings. The molecule has 0 heterocycles. The first kappa shape index (κ1) is 15.7. The van der Waals surface area contributed by atoms with Crippen molar-refractivity contribution in [3.05, 3.63) is 12.7 Å². The topological polar surface area (TPSA) is 37.3 Å². The Balaban J connectivity index is -0.0000000575. The van der Waals surface area contributed by atoms with Gasteiger partial charge in [-0.05, 0) is 0 Å². The maximum atomic E-state index is 9.00. The number of allylic oxidation sites excluding steroid dienone is 1. The normalized spacial score (nSPS) is 4.75. The van der Waals surface area contributed by atoms with Gasteiger partial charge >= 0.3 is 18.9 Å². The van der Waals surface area contributed by atoms with E-state index >= 15 is 0 Å². The third-order valence-corrected chi connectivity index (χ3v) is 0. The van der Waals surface area contributed by atoms with Crippen LogP contribution in [0.3, 0.4) is 0 Å². The number of carbonyl (C=O) groups is 1. The average molecular weight is 108 g/mol. The van der Waals surface area contributed by atoms with Gasteiger partial charge < -0.3 is 11.7 Å². The number of rotatable bonds is 0. The van der Waals surface area contributed by atoms with Crippen molar-refractivity contribution in [1.29, 1.82) is 0 Å². The second-order valence-electron chi connectivity index (χ2n) is 0.852. The second kappa shape index (κ2) is 15.8. The van der Waals surface area contributed by atoms with E-state index in [2.05, 4.69) is 0 Å². The molecule has 3 heteroatoms. The predicted octanol–water partition coefficient (Wildman–Crippen LogP) is -1.91. The van der Waals surface area contributed by atoms with Gasteiger partial charge in [0.25, 0.3) is 5.97 Å². The molecule has 0 aliphatic heterocycles. The molecule has 0 aliphatic carbocycles. The summed E-state index contributed by atoms with van der Waals surface area (Å²) in [6.07, 6.45) is 1.50. The molecule has 0 atom stereocenters. The maximum absolute atomic E-state index is 9.00. The van der Waals surface area contributed by atoms with Crippen LogP contribution in [0.2, 0.25) is 0 Å². The standard InChI is InChI=1S/C3H5.C2H4O2.Li/c1-3-2;1-2(3)4;/h1,3H,2H3;1H3,(H,3,4);/q-1;;+1. The fourth-order valence-electron chi connectivity index (χ4n) is 0. The van der Waals surface area contributed by atoms with E-state index in [1.807, 2.05) is 0 Å². The van der Waals surface area contributed by atoms with Crippen LogP contribution in [0.25, 0.3) is 0 Å². The van der Waals surface area contributed by atoms with Crippen LogP contribution in [0, 0.1) is 6.58 Å². The van der Waals surface area contributed by atoms with Crippen molar-refractivity contribution >= 4 is 5.97 Å². The summed E-state index contributed by atoms with van der Waals surface area (Å²) >= 11 is 0. The van der Waals surface area contributed by atoms with E-state index in [1.54, 1.807) is 6.92 Å². The van der Waals surface area contributed by atoms with Crippen molar-refractivity contribution in [3.8, 4) is 0 Å². The number of hydrogen-bond acceptors (Lipinski definition) is 1. The molecule has 0 radical (unpaired) electrons. The Bertz CT molecular complexity index is 57.4. The quantitative estimate of drug-likeness (QED) is 0.290. The summed E-state index contributed by atoms with van der Waals surface area (Å²) in [4.78, 5) is 9.00. The van der Waals surface area contributed by atoms with Crippen LogP contribution < -0.4 is 18.9 Å². The number of carboxylic acid groups (broad SMARTS) is 1. The van der Waals surface area contributed by atoms with Crippen LogP contribution in [-0.2, 0) is 4.79 Å². The van der Waals surface area contributed by atoms with Gasteiger partial charge in [-0.15, -0.1) is 0 Å². The predicted molar refractivity (Wildman–Crippen MR) is 27.9 cm³/mol. The number of hydrogen-bond donors (Lipinski definition) is 1. The van der Waals surface area contributed by atoms with Crippen LogP contribution in [0.4, 0.5) is 0 Å². The van der Waals surface area contributed by atoms with Gasteiger partial charge in [-0.3, -0.25) is 10.9 Å². The molecule has 0 saturated heterocycles. The molecule has 0 saturated carbocycles. The van der Waals surface area contributed by atoms with Crippen molar-refractivity contribution in [1.82, 2.24) is 0 Å². The molecule has 1 N–H and O–H groups in total. The van der Waals surface area contributed by atoms with Crippen molar-refractivity contribution < 1.29 is 28.8 Å². The van der Waals surface area contributed by atoms with Crippen LogP contribution in [0.5, 0.6) is 0 Å². The summed E-state index contributed by atoms with van der Waals surface area (Å²) in [6.45, 7) is 7.58. The Morgan fingerprint density at radius 2 is 1.75 bits per heavy atom. The van der Waals surface area contributed by atoms with Gasteiger partial charge in [0.15, 0.2) is 0 Å². The molecule has 0 fully saturated rings. The molecule has 0 aromatic heterocycles. The minimum atomic E-state index is -0.833. The van der Waals surface area contributed by atoms with E-state index in [9.17, 15) is 0 Å². The van der Waals surface area contributed by atoms with Crippen molar-refractivity contribution in [2.24, 2.45) is 0 Å². The molecule has 2 nitrogen and oxygen atoms in total. The maximum Gasteiger partial charge on any atom is 1.00 e.